The minimum absolute atomic E-state index is 0.266. The molecule has 2 unspecified atom stereocenters. The normalized spacial score (nSPS) is 17.9. The third-order valence-corrected chi connectivity index (χ3v) is 5.56. The van der Waals surface area contributed by atoms with Crippen molar-refractivity contribution in [2.75, 3.05) is 6.54 Å². The molecule has 2 amide bonds. The van der Waals surface area contributed by atoms with Crippen LogP contribution in [-0.4, -0.2) is 40.9 Å². The maximum Gasteiger partial charge on any atom is 0.334 e. The van der Waals surface area contributed by atoms with E-state index in [4.69, 9.17) is 4.74 Å². The zero-order valence-corrected chi connectivity index (χ0v) is 17.9. The first-order chi connectivity index (χ1) is 13.7. The maximum atomic E-state index is 13.1. The first-order valence-electron chi connectivity index (χ1n) is 9.59. The lowest BCUT2D eigenvalue weighted by Crippen LogP contribution is -2.45. The standard InChI is InChI=1S/C22H26N2O4S/c1-14-12-29-13-16(14)19(25)23-17-10-11-24(20(17)26)18(15-8-6-5-7-9-15)21(27)28-22(2,3)4/h5-9,12-13,17-18H,10-11H2,1-4H3,(H,23,25). The molecule has 0 aliphatic carbocycles. The molecule has 1 saturated heterocycles. The predicted octanol–water partition coefficient (Wildman–Crippen LogP) is 3.47. The van der Waals surface area contributed by atoms with Crippen LogP contribution in [0, 0.1) is 6.92 Å². The number of hydrogen-bond acceptors (Lipinski definition) is 5. The molecule has 1 aromatic heterocycles. The first kappa shape index (κ1) is 21.0. The van der Waals surface area contributed by atoms with Gasteiger partial charge in [0.05, 0.1) is 5.56 Å². The van der Waals surface area contributed by atoms with Crippen molar-refractivity contribution in [1.82, 2.24) is 10.2 Å². The van der Waals surface area contributed by atoms with E-state index in [9.17, 15) is 14.4 Å². The van der Waals surface area contributed by atoms with Gasteiger partial charge in [0.15, 0.2) is 6.04 Å². The highest BCUT2D eigenvalue weighted by atomic mass is 32.1. The molecule has 1 aliphatic rings. The van der Waals surface area contributed by atoms with Gasteiger partial charge in [-0.2, -0.15) is 11.3 Å². The van der Waals surface area contributed by atoms with Crippen LogP contribution < -0.4 is 5.32 Å². The second-order valence-electron chi connectivity index (χ2n) is 8.16. The second-order valence-corrected chi connectivity index (χ2v) is 8.91. The van der Waals surface area contributed by atoms with Crippen molar-refractivity contribution in [3.8, 4) is 0 Å². The fraction of sp³-hybridized carbons (Fsp3) is 0.409. The van der Waals surface area contributed by atoms with Crippen molar-refractivity contribution < 1.29 is 19.1 Å². The fourth-order valence-corrected chi connectivity index (χ4v) is 4.19. The Morgan fingerprint density at radius 1 is 1.21 bits per heavy atom. The SMILES string of the molecule is Cc1cscc1C(=O)NC1CCN(C(C(=O)OC(C)(C)C)c2ccccc2)C1=O. The van der Waals surface area contributed by atoms with Crippen LogP contribution in [0.2, 0.25) is 0 Å². The first-order valence-corrected chi connectivity index (χ1v) is 10.5. The summed E-state index contributed by atoms with van der Waals surface area (Å²) in [5.41, 5.74) is 1.48. The predicted molar refractivity (Wildman–Crippen MR) is 112 cm³/mol. The molecule has 2 heterocycles. The summed E-state index contributed by atoms with van der Waals surface area (Å²) >= 11 is 1.45. The number of nitrogens with zero attached hydrogens (tertiary/aromatic N) is 1. The molecule has 29 heavy (non-hydrogen) atoms. The van der Waals surface area contributed by atoms with E-state index in [1.165, 1.54) is 16.2 Å². The molecule has 1 aromatic carbocycles. The van der Waals surface area contributed by atoms with Crippen LogP contribution in [0.4, 0.5) is 0 Å². The lowest BCUT2D eigenvalue weighted by molar-refractivity contribution is -0.164. The van der Waals surface area contributed by atoms with E-state index in [0.717, 1.165) is 5.56 Å². The number of likely N-dealkylation sites (tertiary alicyclic amines) is 1. The molecule has 0 bridgehead atoms. The molecule has 3 rings (SSSR count). The summed E-state index contributed by atoms with van der Waals surface area (Å²) in [6.07, 6.45) is 0.444. The van der Waals surface area contributed by atoms with E-state index in [1.54, 1.807) is 26.2 Å². The van der Waals surface area contributed by atoms with Crippen LogP contribution in [0.5, 0.6) is 0 Å². The second kappa shape index (κ2) is 8.37. The molecule has 0 saturated carbocycles. The molecule has 1 fully saturated rings. The zero-order valence-electron chi connectivity index (χ0n) is 17.1. The Balaban J connectivity index is 1.80. The molecular weight excluding hydrogens is 388 g/mol. The smallest absolute Gasteiger partial charge is 0.334 e. The van der Waals surface area contributed by atoms with Gasteiger partial charge < -0.3 is 15.0 Å². The van der Waals surface area contributed by atoms with Gasteiger partial charge in [0, 0.05) is 11.9 Å². The highest BCUT2D eigenvalue weighted by Gasteiger charge is 2.42. The Morgan fingerprint density at radius 3 is 2.48 bits per heavy atom. The average Bonchev–Trinajstić information content (AvgIpc) is 3.22. The molecule has 2 atom stereocenters. The molecule has 7 heteroatoms. The summed E-state index contributed by atoms with van der Waals surface area (Å²) in [5.74, 6) is -1.01. The van der Waals surface area contributed by atoms with Gasteiger partial charge in [-0.15, -0.1) is 0 Å². The Labute approximate surface area is 174 Å². The largest absolute Gasteiger partial charge is 0.458 e. The van der Waals surface area contributed by atoms with Crippen LogP contribution >= 0.6 is 11.3 Å². The number of carbonyl (C=O) groups is 3. The van der Waals surface area contributed by atoms with Crippen molar-refractivity contribution >= 4 is 29.1 Å². The zero-order chi connectivity index (χ0) is 21.2. The summed E-state index contributed by atoms with van der Waals surface area (Å²) in [6, 6.07) is 7.62. The summed E-state index contributed by atoms with van der Waals surface area (Å²) in [7, 11) is 0. The van der Waals surface area contributed by atoms with Gasteiger partial charge in [-0.1, -0.05) is 30.3 Å². The number of benzene rings is 1. The van der Waals surface area contributed by atoms with Gasteiger partial charge in [0.2, 0.25) is 5.91 Å². The molecule has 1 N–H and O–H groups in total. The molecular formula is C22H26N2O4S. The van der Waals surface area contributed by atoms with Crippen LogP contribution in [0.1, 0.15) is 54.7 Å². The number of aryl methyl sites for hydroxylation is 1. The van der Waals surface area contributed by atoms with Crippen molar-refractivity contribution in [3.63, 3.8) is 0 Å². The highest BCUT2D eigenvalue weighted by Crippen LogP contribution is 2.29. The number of nitrogens with one attached hydrogen (secondary N) is 1. The van der Waals surface area contributed by atoms with Crippen LogP contribution in [0.15, 0.2) is 41.1 Å². The van der Waals surface area contributed by atoms with Crippen molar-refractivity contribution in [2.24, 2.45) is 0 Å². The molecule has 154 valence electrons. The van der Waals surface area contributed by atoms with E-state index in [1.807, 2.05) is 42.6 Å². The van der Waals surface area contributed by atoms with Crippen molar-refractivity contribution in [1.29, 1.82) is 0 Å². The van der Waals surface area contributed by atoms with Gasteiger partial charge >= 0.3 is 5.97 Å². The number of esters is 1. The minimum Gasteiger partial charge on any atom is -0.458 e. The van der Waals surface area contributed by atoms with Gasteiger partial charge in [-0.05, 0) is 50.6 Å². The van der Waals surface area contributed by atoms with E-state index in [-0.39, 0.29) is 11.8 Å². The van der Waals surface area contributed by atoms with Gasteiger partial charge in [-0.3, -0.25) is 9.59 Å². The third kappa shape index (κ3) is 4.85. The maximum absolute atomic E-state index is 13.1. The Bertz CT molecular complexity index is 901. The molecule has 0 spiro atoms. The van der Waals surface area contributed by atoms with E-state index in [2.05, 4.69) is 5.32 Å². The monoisotopic (exact) mass is 414 g/mol. The Hall–Kier alpha value is -2.67. The quantitative estimate of drug-likeness (QED) is 0.760. The number of carbonyl (C=O) groups excluding carboxylic acids is 3. The minimum atomic E-state index is -0.840. The molecule has 1 aliphatic heterocycles. The van der Waals surface area contributed by atoms with Crippen LogP contribution in [-0.2, 0) is 14.3 Å². The van der Waals surface area contributed by atoms with Gasteiger partial charge in [0.1, 0.15) is 11.6 Å². The fourth-order valence-electron chi connectivity index (χ4n) is 3.36. The topological polar surface area (TPSA) is 75.7 Å². The lowest BCUT2D eigenvalue weighted by Gasteiger charge is -2.30. The average molecular weight is 415 g/mol. The Kier molecular flexibility index (Phi) is 6.07. The van der Waals surface area contributed by atoms with Crippen LogP contribution in [0.3, 0.4) is 0 Å². The van der Waals surface area contributed by atoms with E-state index in [0.29, 0.717) is 24.1 Å². The summed E-state index contributed by atoms with van der Waals surface area (Å²) in [6.45, 7) is 7.62. The summed E-state index contributed by atoms with van der Waals surface area (Å²) in [5, 5.41) is 6.49. The van der Waals surface area contributed by atoms with E-state index < -0.39 is 23.7 Å². The summed E-state index contributed by atoms with van der Waals surface area (Å²) in [4.78, 5) is 40.1. The number of ether oxygens (including phenoxy) is 1. The highest BCUT2D eigenvalue weighted by molar-refractivity contribution is 7.08. The number of rotatable bonds is 5. The number of hydrogen-bond donors (Lipinski definition) is 1. The van der Waals surface area contributed by atoms with E-state index >= 15 is 0 Å². The number of amides is 2. The van der Waals surface area contributed by atoms with Gasteiger partial charge in [-0.25, -0.2) is 4.79 Å². The third-order valence-electron chi connectivity index (χ3n) is 4.70. The molecule has 2 aromatic rings. The molecule has 0 radical (unpaired) electrons. The van der Waals surface area contributed by atoms with Crippen LogP contribution in [0.25, 0.3) is 0 Å². The molecule has 6 nitrogen and oxygen atoms in total. The van der Waals surface area contributed by atoms with Crippen molar-refractivity contribution in [3.05, 3.63) is 57.8 Å². The summed E-state index contributed by atoms with van der Waals surface area (Å²) < 4.78 is 5.59. The van der Waals surface area contributed by atoms with Gasteiger partial charge in [0.25, 0.3) is 5.91 Å². The van der Waals surface area contributed by atoms with Crippen molar-refractivity contribution in [2.45, 2.75) is 51.8 Å². The lowest BCUT2D eigenvalue weighted by atomic mass is 10.0. The number of thiophene rings is 1. The Morgan fingerprint density at radius 2 is 1.90 bits per heavy atom.